The van der Waals surface area contributed by atoms with Gasteiger partial charge in [-0.1, -0.05) is 25.2 Å². The van der Waals surface area contributed by atoms with E-state index < -0.39 is 0 Å². The first-order chi connectivity index (χ1) is 7.13. The van der Waals surface area contributed by atoms with Crippen molar-refractivity contribution in [2.45, 2.75) is 51.0 Å². The van der Waals surface area contributed by atoms with E-state index in [1.165, 1.54) is 19.3 Å². The second kappa shape index (κ2) is 5.32. The summed E-state index contributed by atoms with van der Waals surface area (Å²) < 4.78 is 0. The van der Waals surface area contributed by atoms with Crippen LogP contribution in [0.4, 0.5) is 0 Å². The largest absolute Gasteiger partial charge is 0.297 e. The van der Waals surface area contributed by atoms with Gasteiger partial charge in [0.25, 0.3) is 0 Å². The fourth-order valence-electron chi connectivity index (χ4n) is 2.45. The number of nitrogens with zero attached hydrogens (tertiary/aromatic N) is 1. The lowest BCUT2D eigenvalue weighted by Gasteiger charge is -2.41. The predicted octanol–water partition coefficient (Wildman–Crippen LogP) is 2.23. The molecule has 0 atom stereocenters. The second-order valence-corrected chi connectivity index (χ2v) is 4.51. The minimum absolute atomic E-state index is 0.220. The van der Waals surface area contributed by atoms with Crippen LogP contribution in [0.15, 0.2) is 0 Å². The fraction of sp³-hybridized carbons (Fsp3) is 0.769. The molecule has 2 heteroatoms. The van der Waals surface area contributed by atoms with E-state index in [0.717, 1.165) is 12.8 Å². The molecular formula is C13H21NO. The molecule has 0 aliphatic heterocycles. The number of carbonyl (C=O) groups is 1. The summed E-state index contributed by atoms with van der Waals surface area (Å²) in [6, 6.07) is 0. The van der Waals surface area contributed by atoms with Crippen LogP contribution < -0.4 is 0 Å². The maximum Gasteiger partial charge on any atom is 0.164 e. The van der Waals surface area contributed by atoms with E-state index in [9.17, 15) is 4.79 Å². The van der Waals surface area contributed by atoms with Gasteiger partial charge in [0.15, 0.2) is 5.78 Å². The van der Waals surface area contributed by atoms with Crippen LogP contribution in [-0.2, 0) is 4.79 Å². The molecule has 1 fully saturated rings. The van der Waals surface area contributed by atoms with Crippen LogP contribution in [0.25, 0.3) is 0 Å². The van der Waals surface area contributed by atoms with Crippen molar-refractivity contribution in [3.05, 3.63) is 0 Å². The second-order valence-electron chi connectivity index (χ2n) is 4.51. The summed E-state index contributed by atoms with van der Waals surface area (Å²) in [6.45, 7) is 1.79. The van der Waals surface area contributed by atoms with Gasteiger partial charge < -0.3 is 0 Å². The average molecular weight is 207 g/mol. The monoisotopic (exact) mass is 207 g/mol. The topological polar surface area (TPSA) is 20.3 Å². The first-order valence-electron chi connectivity index (χ1n) is 5.74. The van der Waals surface area contributed by atoms with Gasteiger partial charge in [0.2, 0.25) is 0 Å². The summed E-state index contributed by atoms with van der Waals surface area (Å²) >= 11 is 0. The van der Waals surface area contributed by atoms with Gasteiger partial charge in [0, 0.05) is 0 Å². The Kier molecular flexibility index (Phi) is 4.35. The third kappa shape index (κ3) is 2.60. The highest BCUT2D eigenvalue weighted by Gasteiger charge is 2.40. The molecule has 0 spiro atoms. The molecule has 0 aromatic rings. The quantitative estimate of drug-likeness (QED) is 0.661. The molecule has 1 aliphatic rings. The molecule has 1 aliphatic carbocycles. The first-order valence-corrected chi connectivity index (χ1v) is 5.74. The van der Waals surface area contributed by atoms with Crippen molar-refractivity contribution in [2.75, 3.05) is 14.1 Å². The molecule has 0 saturated heterocycles. The Morgan fingerprint density at radius 2 is 1.87 bits per heavy atom. The van der Waals surface area contributed by atoms with Gasteiger partial charge in [-0.2, -0.15) is 0 Å². The zero-order valence-corrected chi connectivity index (χ0v) is 10.1. The molecule has 1 saturated carbocycles. The Balaban J connectivity index is 2.78. The average Bonchev–Trinajstić information content (AvgIpc) is 2.26. The van der Waals surface area contributed by atoms with E-state index in [-0.39, 0.29) is 5.54 Å². The minimum atomic E-state index is -0.220. The van der Waals surface area contributed by atoms with Gasteiger partial charge in [-0.3, -0.25) is 9.69 Å². The number of Topliss-reactive ketones (excluding diaryl/α,β-unsaturated/α-hetero) is 1. The molecule has 15 heavy (non-hydrogen) atoms. The third-order valence-electron chi connectivity index (χ3n) is 3.48. The molecule has 0 radical (unpaired) electrons. The smallest absolute Gasteiger partial charge is 0.164 e. The van der Waals surface area contributed by atoms with Crippen molar-refractivity contribution in [1.29, 1.82) is 0 Å². The predicted molar refractivity (Wildman–Crippen MR) is 62.6 cm³/mol. The van der Waals surface area contributed by atoms with E-state index in [1.54, 1.807) is 6.92 Å². The van der Waals surface area contributed by atoms with Crippen molar-refractivity contribution >= 4 is 5.78 Å². The molecule has 84 valence electrons. The highest BCUT2D eigenvalue weighted by atomic mass is 16.1. The van der Waals surface area contributed by atoms with Gasteiger partial charge in [-0.05, 0) is 33.9 Å². The molecule has 0 heterocycles. The van der Waals surface area contributed by atoms with Crippen LogP contribution in [0.2, 0.25) is 0 Å². The van der Waals surface area contributed by atoms with Crippen LogP contribution in [0.5, 0.6) is 0 Å². The summed E-state index contributed by atoms with van der Waals surface area (Å²) in [5, 5.41) is 0. The first kappa shape index (κ1) is 12.3. The van der Waals surface area contributed by atoms with Crippen LogP contribution in [-0.4, -0.2) is 30.3 Å². The number of likely N-dealkylation sites (N-methyl/N-ethyl adjacent to an activating group) is 1. The third-order valence-corrected chi connectivity index (χ3v) is 3.48. The Morgan fingerprint density at radius 3 is 2.33 bits per heavy atom. The maximum absolute atomic E-state index is 12.2. The summed E-state index contributed by atoms with van der Waals surface area (Å²) in [7, 11) is 4.03. The number of ketones is 1. The summed E-state index contributed by atoms with van der Waals surface area (Å²) in [4.78, 5) is 14.3. The molecule has 0 aromatic carbocycles. The number of rotatable bonds is 3. The van der Waals surface area contributed by atoms with Crippen LogP contribution in [0.3, 0.4) is 0 Å². The van der Waals surface area contributed by atoms with Crippen molar-refractivity contribution in [3.63, 3.8) is 0 Å². The van der Waals surface area contributed by atoms with Gasteiger partial charge in [0.05, 0.1) is 12.0 Å². The Morgan fingerprint density at radius 1 is 1.27 bits per heavy atom. The number of carbonyl (C=O) groups excluding carboxylic acids is 1. The van der Waals surface area contributed by atoms with E-state index in [4.69, 9.17) is 0 Å². The molecule has 2 nitrogen and oxygen atoms in total. The highest BCUT2D eigenvalue weighted by molar-refractivity contribution is 5.90. The lowest BCUT2D eigenvalue weighted by molar-refractivity contribution is -0.130. The standard InChI is InChI=1S/C13H21NO/c1-4-5-9-12(15)13(14(2)3)10-7-6-8-11-13/h6-11H2,1-3H3. The Labute approximate surface area is 93.0 Å². The summed E-state index contributed by atoms with van der Waals surface area (Å²) in [5.74, 6) is 6.01. The van der Waals surface area contributed by atoms with Crippen molar-refractivity contribution in [1.82, 2.24) is 4.90 Å². The molecule has 0 amide bonds. The van der Waals surface area contributed by atoms with Crippen molar-refractivity contribution in [2.24, 2.45) is 0 Å². The zero-order chi connectivity index (χ0) is 11.3. The Bertz CT molecular complexity index is 277. The molecular weight excluding hydrogens is 186 g/mol. The molecule has 0 aromatic heterocycles. The fourth-order valence-corrected chi connectivity index (χ4v) is 2.45. The zero-order valence-electron chi connectivity index (χ0n) is 10.1. The van der Waals surface area contributed by atoms with Crippen molar-refractivity contribution in [3.8, 4) is 11.8 Å². The summed E-state index contributed by atoms with van der Waals surface area (Å²) in [5.41, 5.74) is -0.220. The number of hydrogen-bond donors (Lipinski definition) is 0. The molecule has 0 unspecified atom stereocenters. The number of hydrogen-bond acceptors (Lipinski definition) is 2. The lowest BCUT2D eigenvalue weighted by atomic mass is 9.77. The van der Waals surface area contributed by atoms with E-state index >= 15 is 0 Å². The van der Waals surface area contributed by atoms with E-state index in [0.29, 0.717) is 12.2 Å². The van der Waals surface area contributed by atoms with E-state index in [2.05, 4.69) is 16.7 Å². The summed E-state index contributed by atoms with van der Waals surface area (Å²) in [6.07, 6.45) is 6.03. The van der Waals surface area contributed by atoms with Gasteiger partial charge in [0.1, 0.15) is 0 Å². The van der Waals surface area contributed by atoms with Gasteiger partial charge in [-0.15, -0.1) is 5.92 Å². The highest BCUT2D eigenvalue weighted by Crippen LogP contribution is 2.33. The Hall–Kier alpha value is -0.810. The van der Waals surface area contributed by atoms with Crippen LogP contribution in [0.1, 0.15) is 45.4 Å². The van der Waals surface area contributed by atoms with Crippen LogP contribution >= 0.6 is 0 Å². The van der Waals surface area contributed by atoms with Gasteiger partial charge >= 0.3 is 0 Å². The molecule has 0 bridgehead atoms. The SMILES string of the molecule is CC#CCC(=O)C1(N(C)C)CCCCC1. The molecule has 0 N–H and O–H groups in total. The normalized spacial score (nSPS) is 19.5. The minimum Gasteiger partial charge on any atom is -0.297 e. The van der Waals surface area contributed by atoms with Crippen molar-refractivity contribution < 1.29 is 4.79 Å². The van der Waals surface area contributed by atoms with Crippen LogP contribution in [0, 0.1) is 11.8 Å². The lowest BCUT2D eigenvalue weighted by Crippen LogP contribution is -2.52. The molecule has 1 rings (SSSR count). The van der Waals surface area contributed by atoms with E-state index in [1.807, 2.05) is 14.1 Å². The van der Waals surface area contributed by atoms with Gasteiger partial charge in [-0.25, -0.2) is 0 Å². The maximum atomic E-state index is 12.2.